The largest absolute Gasteiger partial charge is 0.311 e. The van der Waals surface area contributed by atoms with Gasteiger partial charge in [0.15, 0.2) is 5.13 Å². The molecule has 2 aliphatic heterocycles. The lowest BCUT2D eigenvalue weighted by Crippen LogP contribution is -2.44. The highest BCUT2D eigenvalue weighted by Crippen LogP contribution is 2.29. The van der Waals surface area contributed by atoms with E-state index in [1.54, 1.807) is 28.6 Å². The van der Waals surface area contributed by atoms with Crippen LogP contribution in [0.3, 0.4) is 0 Å². The monoisotopic (exact) mass is 456 g/mol. The van der Waals surface area contributed by atoms with E-state index in [0.29, 0.717) is 11.7 Å². The van der Waals surface area contributed by atoms with Crippen molar-refractivity contribution < 1.29 is 14.6 Å². The molecule has 0 bridgehead atoms. The highest BCUT2D eigenvalue weighted by molar-refractivity contribution is 7.93. The molecule has 1 aromatic heterocycles. The minimum atomic E-state index is -3.71. The lowest BCUT2D eigenvalue weighted by molar-refractivity contribution is -0.122. The van der Waals surface area contributed by atoms with Gasteiger partial charge in [-0.05, 0) is 48.2 Å². The van der Waals surface area contributed by atoms with Gasteiger partial charge in [0.1, 0.15) is 0 Å². The van der Waals surface area contributed by atoms with Crippen LogP contribution in [-0.2, 0) is 27.8 Å². The summed E-state index contributed by atoms with van der Waals surface area (Å²) in [6.07, 6.45) is 3.27. The average molecular weight is 457 g/mol. The number of rotatable bonds is 5. The molecule has 2 aromatic carbocycles. The molecule has 3 heterocycles. The lowest BCUT2D eigenvalue weighted by atomic mass is 9.98. The van der Waals surface area contributed by atoms with Gasteiger partial charge in [-0.1, -0.05) is 24.3 Å². The number of benzene rings is 2. The first-order valence-electron chi connectivity index (χ1n) is 10.2. The van der Waals surface area contributed by atoms with Crippen LogP contribution < -0.4 is 9.62 Å². The van der Waals surface area contributed by atoms with Gasteiger partial charge in [-0.25, -0.2) is 13.4 Å². The second kappa shape index (κ2) is 8.07. The van der Waals surface area contributed by atoms with Crippen molar-refractivity contribution in [3.05, 3.63) is 71.2 Å². The van der Waals surface area contributed by atoms with E-state index in [4.69, 9.17) is 0 Å². The molecule has 2 aliphatic rings. The van der Waals surface area contributed by atoms with Crippen molar-refractivity contribution in [1.82, 2.24) is 9.88 Å². The van der Waals surface area contributed by atoms with Crippen LogP contribution in [0.25, 0.3) is 0 Å². The van der Waals surface area contributed by atoms with Gasteiger partial charge < -0.3 is 4.90 Å². The van der Waals surface area contributed by atoms with Gasteiger partial charge in [-0.3, -0.25) is 14.4 Å². The number of amides is 1. The number of anilines is 2. The van der Waals surface area contributed by atoms with Crippen molar-refractivity contribution in [3.8, 4) is 0 Å². The summed E-state index contributed by atoms with van der Waals surface area (Å²) in [5, 5.41) is 2.03. The maximum atomic E-state index is 13.2. The van der Waals surface area contributed by atoms with Crippen molar-refractivity contribution in [1.29, 1.82) is 0 Å². The minimum Gasteiger partial charge on any atom is -0.311 e. The Morgan fingerprint density at radius 3 is 2.58 bits per heavy atom. The summed E-state index contributed by atoms with van der Waals surface area (Å²) >= 11 is 1.22. The normalized spacial score (nSPS) is 19.4. The molecule has 0 aliphatic carbocycles. The van der Waals surface area contributed by atoms with Crippen molar-refractivity contribution in [2.24, 2.45) is 0 Å². The third-order valence-electron chi connectivity index (χ3n) is 5.89. The molecule has 9 heteroatoms. The fourth-order valence-electron chi connectivity index (χ4n) is 4.30. The lowest BCUT2D eigenvalue weighted by Gasteiger charge is -2.32. The van der Waals surface area contributed by atoms with Gasteiger partial charge in [-0.15, -0.1) is 11.3 Å². The first-order chi connectivity index (χ1) is 15.0. The zero-order chi connectivity index (χ0) is 21.4. The zero-order valence-electron chi connectivity index (χ0n) is 16.8. The fraction of sp³-hybridized carbons (Fsp3) is 0.273. The number of nitrogens with one attached hydrogen (secondary N) is 1. The van der Waals surface area contributed by atoms with E-state index in [9.17, 15) is 13.2 Å². The van der Waals surface area contributed by atoms with Gasteiger partial charge >= 0.3 is 0 Å². The second-order valence-corrected chi connectivity index (χ2v) is 10.3. The molecule has 1 saturated heterocycles. The topological polar surface area (TPSA) is 82.6 Å². The molecule has 1 atom stereocenters. The minimum absolute atomic E-state index is 0. The summed E-state index contributed by atoms with van der Waals surface area (Å²) in [6, 6.07) is 14.7. The predicted molar refractivity (Wildman–Crippen MR) is 123 cm³/mol. The molecule has 31 heavy (non-hydrogen) atoms. The van der Waals surface area contributed by atoms with Crippen LogP contribution in [0.2, 0.25) is 0 Å². The van der Waals surface area contributed by atoms with Crippen molar-refractivity contribution in [2.75, 3.05) is 22.7 Å². The Hall–Kier alpha value is -2.75. The van der Waals surface area contributed by atoms with Crippen molar-refractivity contribution in [2.45, 2.75) is 30.3 Å². The van der Waals surface area contributed by atoms with E-state index in [2.05, 4.69) is 32.8 Å². The smallest absolute Gasteiger partial charge is 0.263 e. The summed E-state index contributed by atoms with van der Waals surface area (Å²) in [4.78, 5) is 21.3. The highest BCUT2D eigenvalue weighted by atomic mass is 32.2. The number of carbonyl (C=O) groups excluding carboxylic acids is 1. The zero-order valence-corrected chi connectivity index (χ0v) is 18.4. The van der Waals surface area contributed by atoms with Crippen molar-refractivity contribution in [3.63, 3.8) is 0 Å². The number of hydrogen-bond donors (Lipinski definition) is 1. The Labute approximate surface area is 186 Å². The Bertz CT molecular complexity index is 1200. The molecule has 0 radical (unpaired) electrons. The molecule has 1 N–H and O–H groups in total. The highest BCUT2D eigenvalue weighted by Gasteiger charge is 2.37. The van der Waals surface area contributed by atoms with E-state index in [1.807, 2.05) is 6.07 Å². The molecule has 3 aromatic rings. The number of hydrogen-bond acceptors (Lipinski definition) is 6. The number of sulfonamides is 1. The van der Waals surface area contributed by atoms with Crippen LogP contribution in [0.1, 0.15) is 19.0 Å². The molecular formula is C22H24N4O3S2. The first kappa shape index (κ1) is 20.2. The van der Waals surface area contributed by atoms with E-state index in [0.717, 1.165) is 31.6 Å². The molecule has 7 nitrogen and oxygen atoms in total. The molecule has 5 rings (SSSR count). The molecule has 0 saturated carbocycles. The van der Waals surface area contributed by atoms with E-state index in [1.165, 1.54) is 34.6 Å². The first-order valence-corrected chi connectivity index (χ1v) is 12.5. The third kappa shape index (κ3) is 3.96. The predicted octanol–water partition coefficient (Wildman–Crippen LogP) is 3.35. The number of thiazole rings is 1. The second-order valence-electron chi connectivity index (χ2n) is 7.72. The summed E-state index contributed by atoms with van der Waals surface area (Å²) in [5.74, 6) is 0.0795. The number of nitrogens with zero attached hydrogens (tertiary/aromatic N) is 3. The van der Waals surface area contributed by atoms with E-state index < -0.39 is 10.0 Å². The van der Waals surface area contributed by atoms with Crippen molar-refractivity contribution >= 4 is 38.1 Å². The summed E-state index contributed by atoms with van der Waals surface area (Å²) in [6.45, 7) is 2.30. The summed E-state index contributed by atoms with van der Waals surface area (Å²) in [5.41, 5.74) is 3.38. The van der Waals surface area contributed by atoms with Crippen LogP contribution in [0.5, 0.6) is 0 Å². The maximum absolute atomic E-state index is 13.2. The maximum Gasteiger partial charge on any atom is 0.263 e. The molecule has 0 unspecified atom stereocenters. The van der Waals surface area contributed by atoms with Gasteiger partial charge in [0, 0.05) is 38.3 Å². The number of aromatic nitrogens is 1. The van der Waals surface area contributed by atoms with Crippen LogP contribution in [0.15, 0.2) is 65.0 Å². The summed E-state index contributed by atoms with van der Waals surface area (Å²) < 4.78 is 27.5. The number of fused-ring (bicyclic) bond motifs is 1. The van der Waals surface area contributed by atoms with Gasteiger partial charge in [0.05, 0.1) is 10.9 Å². The Kier molecular flexibility index (Phi) is 5.25. The van der Waals surface area contributed by atoms with Crippen LogP contribution in [0, 0.1) is 0 Å². The van der Waals surface area contributed by atoms with Gasteiger partial charge in [0.2, 0.25) is 5.91 Å². The average Bonchev–Trinajstić information content (AvgIpc) is 3.42. The molecule has 162 valence electrons. The Morgan fingerprint density at radius 2 is 1.84 bits per heavy atom. The molecule has 0 spiro atoms. The van der Waals surface area contributed by atoms with Gasteiger partial charge in [-0.2, -0.15) is 0 Å². The van der Waals surface area contributed by atoms with Crippen LogP contribution >= 0.6 is 11.3 Å². The fourth-order valence-corrected chi connectivity index (χ4v) is 6.09. The van der Waals surface area contributed by atoms with Crippen LogP contribution in [-0.4, -0.2) is 43.3 Å². The van der Waals surface area contributed by atoms with E-state index >= 15 is 0 Å². The number of carbonyl (C=O) groups is 1. The molecule has 1 fully saturated rings. The standard InChI is InChI=1S/C22H22N4O3S2.H2/c27-21-20(25-12-9-16-3-1-2-4-17(16)15-25)10-13-26(21)18-5-7-19(8-6-18)31(28,29)24-22-23-11-14-30-22;/h1-8,11,14,20H,9-10,12-13,15H2,(H,23,24);1H/t20-;/m0./s1. The van der Waals surface area contributed by atoms with Gasteiger partial charge in [0.25, 0.3) is 10.0 Å². The van der Waals surface area contributed by atoms with E-state index in [-0.39, 0.29) is 18.3 Å². The quantitative estimate of drug-likeness (QED) is 0.637. The Morgan fingerprint density at radius 1 is 1.06 bits per heavy atom. The van der Waals surface area contributed by atoms with Crippen LogP contribution in [0.4, 0.5) is 10.8 Å². The third-order valence-corrected chi connectivity index (χ3v) is 8.06. The molecular weight excluding hydrogens is 432 g/mol. The summed E-state index contributed by atoms with van der Waals surface area (Å²) in [7, 11) is -3.71. The Balaban J connectivity index is 0.00000245. The molecule has 1 amide bonds. The SMILES string of the molecule is O=C1[C@@H](N2CCc3ccccc3C2)CCN1c1ccc(S(=O)(=O)Nc2nccs2)cc1.[HH].